The van der Waals surface area contributed by atoms with E-state index in [2.05, 4.69) is 20.8 Å². The van der Waals surface area contributed by atoms with Crippen LogP contribution in [-0.4, -0.2) is 30.8 Å². The molecule has 34 heavy (non-hydrogen) atoms. The van der Waals surface area contributed by atoms with Gasteiger partial charge in [-0.05, 0) is 72.4 Å². The number of hydrogen-bond acceptors (Lipinski definition) is 3. The molecule has 0 radical (unpaired) electrons. The molecule has 3 rings (SSSR count). The first-order valence-corrected chi connectivity index (χ1v) is 11.8. The third-order valence-electron chi connectivity index (χ3n) is 6.76. The molecule has 7 heteroatoms. The van der Waals surface area contributed by atoms with E-state index in [0.29, 0.717) is 23.6 Å². The maximum absolute atomic E-state index is 14.0. The molecule has 1 N–H and O–H groups in total. The fourth-order valence-corrected chi connectivity index (χ4v) is 4.58. The Balaban J connectivity index is 1.81. The van der Waals surface area contributed by atoms with E-state index in [1.807, 2.05) is 0 Å². The highest BCUT2D eigenvalue weighted by Gasteiger charge is 2.36. The number of hydrogen-bond donors (Lipinski definition) is 1. The number of alkyl halides is 3. The molecule has 1 aliphatic carbocycles. The average molecular weight is 478 g/mol. The lowest BCUT2D eigenvalue weighted by molar-refractivity contribution is -0.139. The van der Waals surface area contributed by atoms with E-state index in [1.54, 1.807) is 42.3 Å². The predicted molar refractivity (Wildman–Crippen MR) is 128 cm³/mol. The van der Waals surface area contributed by atoms with Crippen LogP contribution in [0, 0.1) is 11.3 Å². The van der Waals surface area contributed by atoms with Gasteiger partial charge in [0, 0.05) is 19.3 Å². The van der Waals surface area contributed by atoms with Crippen LogP contribution in [-0.2, 0) is 11.0 Å². The molecule has 0 aromatic heterocycles. The molecule has 1 saturated carbocycles. The molecule has 0 spiro atoms. The highest BCUT2D eigenvalue weighted by Crippen LogP contribution is 2.42. The number of carboxylic acid groups (broad SMARTS) is 1. The molecule has 0 atom stereocenters. The largest absolute Gasteiger partial charge is 0.490 e. The molecular weight excluding hydrogens is 443 g/mol. The normalized spacial score (nSPS) is 19.0. The van der Waals surface area contributed by atoms with E-state index in [-0.39, 0.29) is 23.7 Å². The lowest BCUT2D eigenvalue weighted by atomic mass is 9.72. The lowest BCUT2D eigenvalue weighted by Crippen LogP contribution is -2.30. The van der Waals surface area contributed by atoms with E-state index >= 15 is 0 Å². The first-order valence-electron chi connectivity index (χ1n) is 11.8. The molecule has 0 bridgehead atoms. The zero-order valence-electron chi connectivity index (χ0n) is 20.3. The van der Waals surface area contributed by atoms with Gasteiger partial charge in [-0.15, -0.1) is 0 Å². The fraction of sp³-hybridized carbons (Fsp3) is 0.519. The SMILES string of the molecule is CN(CCC(=O)O)c1cccc(-c2ccc(O[C@H]3CC[C@H](C(C)(C)C)CC3)c(C(F)(F)F)c2)c1. The van der Waals surface area contributed by atoms with E-state index < -0.39 is 17.7 Å². The van der Waals surface area contributed by atoms with Gasteiger partial charge in [0.2, 0.25) is 0 Å². The molecule has 0 unspecified atom stereocenters. The van der Waals surface area contributed by atoms with Crippen LogP contribution in [0.4, 0.5) is 18.9 Å². The molecule has 0 amide bonds. The average Bonchev–Trinajstić information content (AvgIpc) is 2.77. The molecule has 0 saturated heterocycles. The predicted octanol–water partition coefficient (Wildman–Crippen LogP) is 7.27. The van der Waals surface area contributed by atoms with Crippen molar-refractivity contribution in [2.75, 3.05) is 18.5 Å². The molecule has 1 aliphatic rings. The maximum atomic E-state index is 14.0. The molecule has 4 nitrogen and oxygen atoms in total. The number of halogens is 3. The number of benzene rings is 2. The molecule has 1 fully saturated rings. The van der Waals surface area contributed by atoms with Crippen molar-refractivity contribution in [1.82, 2.24) is 0 Å². The topological polar surface area (TPSA) is 49.8 Å². The Bertz CT molecular complexity index is 989. The highest BCUT2D eigenvalue weighted by atomic mass is 19.4. The van der Waals surface area contributed by atoms with Crippen LogP contribution < -0.4 is 9.64 Å². The second kappa shape index (κ2) is 10.3. The number of ether oxygens (including phenoxy) is 1. The van der Waals surface area contributed by atoms with Crippen molar-refractivity contribution in [2.24, 2.45) is 11.3 Å². The summed E-state index contributed by atoms with van der Waals surface area (Å²) >= 11 is 0. The lowest BCUT2D eigenvalue weighted by Gasteiger charge is -2.37. The Kier molecular flexibility index (Phi) is 7.84. The van der Waals surface area contributed by atoms with E-state index in [1.165, 1.54) is 6.07 Å². The monoisotopic (exact) mass is 477 g/mol. The van der Waals surface area contributed by atoms with Gasteiger partial charge in [-0.2, -0.15) is 13.2 Å². The fourth-order valence-electron chi connectivity index (χ4n) is 4.58. The van der Waals surface area contributed by atoms with E-state index in [0.717, 1.165) is 37.4 Å². The summed E-state index contributed by atoms with van der Waals surface area (Å²) < 4.78 is 47.8. The minimum atomic E-state index is -4.54. The van der Waals surface area contributed by atoms with Gasteiger partial charge in [-0.25, -0.2) is 0 Å². The third kappa shape index (κ3) is 6.67. The second-order valence-corrected chi connectivity index (χ2v) is 10.3. The quantitative estimate of drug-likeness (QED) is 0.456. The first-order chi connectivity index (χ1) is 15.8. The number of aliphatic carboxylic acids is 1. The smallest absolute Gasteiger partial charge is 0.419 e. The van der Waals surface area contributed by atoms with Gasteiger partial charge in [-0.1, -0.05) is 39.0 Å². The van der Waals surface area contributed by atoms with Crippen LogP contribution in [0.2, 0.25) is 0 Å². The Morgan fingerprint density at radius 1 is 1.03 bits per heavy atom. The summed E-state index contributed by atoms with van der Waals surface area (Å²) in [7, 11) is 1.76. The summed E-state index contributed by atoms with van der Waals surface area (Å²) in [4.78, 5) is 12.6. The molecule has 2 aromatic carbocycles. The van der Waals surface area contributed by atoms with Crippen LogP contribution in [0.15, 0.2) is 42.5 Å². The summed E-state index contributed by atoms with van der Waals surface area (Å²) in [5.74, 6) is -0.469. The van der Waals surface area contributed by atoms with Crippen LogP contribution >= 0.6 is 0 Å². The van der Waals surface area contributed by atoms with Gasteiger partial charge < -0.3 is 14.7 Å². The van der Waals surface area contributed by atoms with Crippen molar-refractivity contribution < 1.29 is 27.8 Å². The Hall–Kier alpha value is -2.70. The van der Waals surface area contributed by atoms with Gasteiger partial charge in [0.15, 0.2) is 0 Å². The molecular formula is C27H34F3NO3. The van der Waals surface area contributed by atoms with E-state index in [9.17, 15) is 18.0 Å². The first kappa shape index (κ1) is 25.9. The highest BCUT2D eigenvalue weighted by molar-refractivity contribution is 5.71. The molecule has 0 heterocycles. The molecule has 2 aromatic rings. The van der Waals surface area contributed by atoms with Gasteiger partial charge in [0.05, 0.1) is 18.1 Å². The van der Waals surface area contributed by atoms with Crippen molar-refractivity contribution in [3.05, 3.63) is 48.0 Å². The summed E-state index contributed by atoms with van der Waals surface area (Å²) in [6.07, 6.45) is -1.35. The third-order valence-corrected chi connectivity index (χ3v) is 6.76. The van der Waals surface area contributed by atoms with Crippen molar-refractivity contribution in [2.45, 2.75) is 65.2 Å². The Morgan fingerprint density at radius 2 is 1.68 bits per heavy atom. The van der Waals surface area contributed by atoms with Gasteiger partial charge in [0.1, 0.15) is 5.75 Å². The zero-order chi connectivity index (χ0) is 25.1. The van der Waals surface area contributed by atoms with Crippen LogP contribution in [0.3, 0.4) is 0 Å². The van der Waals surface area contributed by atoms with Gasteiger partial charge >= 0.3 is 12.1 Å². The standard InChI is InChI=1S/C27H34F3NO3/c1-26(2,3)20-9-11-22(12-10-20)34-24-13-8-19(17-23(24)27(28,29)30)18-6-5-7-21(16-18)31(4)15-14-25(32)33/h5-8,13,16-17,20,22H,9-12,14-15H2,1-4H3,(H,32,33)/t20-,22-. The number of carboxylic acids is 1. The summed E-state index contributed by atoms with van der Waals surface area (Å²) in [5, 5.41) is 8.90. The van der Waals surface area contributed by atoms with Gasteiger partial charge in [-0.3, -0.25) is 4.79 Å². The van der Waals surface area contributed by atoms with Crippen molar-refractivity contribution in [3.63, 3.8) is 0 Å². The number of carbonyl (C=O) groups is 1. The van der Waals surface area contributed by atoms with E-state index in [4.69, 9.17) is 9.84 Å². The van der Waals surface area contributed by atoms with Crippen LogP contribution in [0.1, 0.15) is 58.4 Å². The van der Waals surface area contributed by atoms with Crippen molar-refractivity contribution in [1.29, 1.82) is 0 Å². The Labute approximate surface area is 199 Å². The van der Waals surface area contributed by atoms with Crippen molar-refractivity contribution >= 4 is 11.7 Å². The number of nitrogens with zero attached hydrogens (tertiary/aromatic N) is 1. The van der Waals surface area contributed by atoms with Gasteiger partial charge in [0.25, 0.3) is 0 Å². The second-order valence-electron chi connectivity index (χ2n) is 10.3. The minimum absolute atomic E-state index is 0.0251. The summed E-state index contributed by atoms with van der Waals surface area (Å²) in [5.41, 5.74) is 1.22. The van der Waals surface area contributed by atoms with Crippen LogP contribution in [0.5, 0.6) is 5.75 Å². The number of rotatable bonds is 7. The summed E-state index contributed by atoms with van der Waals surface area (Å²) in [6.45, 7) is 6.92. The zero-order valence-corrected chi connectivity index (χ0v) is 20.3. The Morgan fingerprint density at radius 3 is 2.26 bits per heavy atom. The molecule has 0 aliphatic heterocycles. The minimum Gasteiger partial charge on any atom is -0.490 e. The summed E-state index contributed by atoms with van der Waals surface area (Å²) in [6, 6.07) is 11.3. The van der Waals surface area contributed by atoms with Crippen molar-refractivity contribution in [3.8, 4) is 16.9 Å². The number of anilines is 1. The van der Waals surface area contributed by atoms with Crippen LogP contribution in [0.25, 0.3) is 11.1 Å². The maximum Gasteiger partial charge on any atom is 0.419 e. The molecule has 186 valence electrons.